The van der Waals surface area contributed by atoms with Crippen molar-refractivity contribution in [1.29, 1.82) is 0 Å². The van der Waals surface area contributed by atoms with Gasteiger partial charge in [0.25, 0.3) is 0 Å². The number of nitrogens with zero attached hydrogens (tertiary/aromatic N) is 2. The molecule has 9 heteroatoms. The fourth-order valence-corrected chi connectivity index (χ4v) is 0.101. The normalized spacial score (nSPS) is 9.17. The molecule has 0 aliphatic heterocycles. The molecule has 0 fully saturated rings. The second-order valence-corrected chi connectivity index (χ2v) is 1.15. The largest absolute Gasteiger partial charge is 0.411 e. The molecule has 9 nitrogen and oxygen atoms in total. The maximum Gasteiger partial charge on any atom is 0.343 e. The molecule has 0 rings (SSSR count). The third kappa shape index (κ3) is 15.7. The summed E-state index contributed by atoms with van der Waals surface area (Å²) < 4.78 is 0. The van der Waals surface area contributed by atoms with Gasteiger partial charge in [-0.1, -0.05) is 10.3 Å². The van der Waals surface area contributed by atoms with E-state index in [4.69, 9.17) is 10.4 Å². The van der Waals surface area contributed by atoms with Gasteiger partial charge in [-0.15, -0.1) is 0 Å². The molecule has 0 heterocycles. The van der Waals surface area contributed by atoms with Crippen LogP contribution in [-0.2, 0) is 0 Å². The molecule has 0 saturated heterocycles. The molecule has 0 radical (unpaired) electrons. The van der Waals surface area contributed by atoms with Crippen LogP contribution in [-0.4, -0.2) is 28.9 Å². The molecule has 0 aromatic carbocycles. The van der Waals surface area contributed by atoms with E-state index < -0.39 is 6.03 Å². The van der Waals surface area contributed by atoms with E-state index in [9.17, 15) is 4.79 Å². The van der Waals surface area contributed by atoms with Gasteiger partial charge < -0.3 is 10.4 Å². The number of nitrogens with two attached hydrogens (primary N) is 2. The molecule has 0 unspecified atom stereocenters. The van der Waals surface area contributed by atoms with Gasteiger partial charge >= 0.3 is 6.03 Å². The van der Waals surface area contributed by atoms with E-state index in [2.05, 4.69) is 22.0 Å². The van der Waals surface area contributed by atoms with Crippen LogP contribution in [0.1, 0.15) is 0 Å². The van der Waals surface area contributed by atoms with Gasteiger partial charge in [0, 0.05) is 0 Å². The minimum absolute atomic E-state index is 0.602. The molecule has 0 aliphatic carbocycles. The predicted molar refractivity (Wildman–Crippen MR) is 40.6 cm³/mol. The van der Waals surface area contributed by atoms with Gasteiger partial charge in [0.05, 0.1) is 12.4 Å². The molecule has 70 valence electrons. The number of nitrogens with one attached hydrogen (secondary N) is 2. The van der Waals surface area contributed by atoms with Crippen LogP contribution in [0.25, 0.3) is 0 Å². The lowest BCUT2D eigenvalue weighted by Crippen LogP contribution is -2.43. The zero-order chi connectivity index (χ0) is 9.82. The Bertz CT molecular complexity index is 140. The van der Waals surface area contributed by atoms with E-state index in [-0.39, 0.29) is 0 Å². The second kappa shape index (κ2) is 11.9. The molecule has 0 bridgehead atoms. The first kappa shape index (κ1) is 12.8. The van der Waals surface area contributed by atoms with Gasteiger partial charge in [0.15, 0.2) is 0 Å². The van der Waals surface area contributed by atoms with Crippen LogP contribution in [0.5, 0.6) is 0 Å². The van der Waals surface area contributed by atoms with Crippen molar-refractivity contribution in [3.63, 3.8) is 0 Å². The van der Waals surface area contributed by atoms with Crippen molar-refractivity contribution in [2.75, 3.05) is 0 Å². The van der Waals surface area contributed by atoms with E-state index in [0.29, 0.717) is 0 Å². The van der Waals surface area contributed by atoms with Crippen LogP contribution >= 0.6 is 0 Å². The fraction of sp³-hybridized carbons (Fsp3) is 0. The van der Waals surface area contributed by atoms with Crippen LogP contribution in [0.15, 0.2) is 10.3 Å². The lowest BCUT2D eigenvalue weighted by molar-refractivity contribution is 0.241. The Hall–Kier alpha value is -1.87. The number of hydrogen-bond donors (Lipinski definition) is 6. The Kier molecular flexibility index (Phi) is 12.6. The molecule has 8 N–H and O–H groups in total. The van der Waals surface area contributed by atoms with E-state index in [1.807, 2.05) is 0 Å². The van der Waals surface area contributed by atoms with Crippen molar-refractivity contribution >= 4 is 18.5 Å². The number of oxime groups is 2. The van der Waals surface area contributed by atoms with Crippen LogP contribution in [0.4, 0.5) is 4.79 Å². The highest BCUT2D eigenvalue weighted by Gasteiger charge is 1.83. The summed E-state index contributed by atoms with van der Waals surface area (Å²) in [6.07, 6.45) is 1.89. The molecule has 0 aliphatic rings. The Balaban J connectivity index is 0. The summed E-state index contributed by atoms with van der Waals surface area (Å²) >= 11 is 0. The van der Waals surface area contributed by atoms with Gasteiger partial charge in [0.1, 0.15) is 0 Å². The average Bonchev–Trinajstić information content (AvgIpc) is 2.14. The Labute approximate surface area is 67.6 Å². The highest BCUT2D eigenvalue weighted by Crippen LogP contribution is 1.45. The quantitative estimate of drug-likeness (QED) is 0.0893. The van der Waals surface area contributed by atoms with E-state index in [1.54, 1.807) is 10.9 Å². The number of hydrogen-bond acceptors (Lipinski definition) is 7. The smallest absolute Gasteiger partial charge is 0.343 e. The van der Waals surface area contributed by atoms with Crippen molar-refractivity contribution in [1.82, 2.24) is 10.9 Å². The lowest BCUT2D eigenvalue weighted by atomic mass is 10.8. The number of hydrazine groups is 2. The number of urea groups is 1. The summed E-state index contributed by atoms with van der Waals surface area (Å²) in [6.45, 7) is 0. The minimum atomic E-state index is -0.602. The lowest BCUT2D eigenvalue weighted by Gasteiger charge is -1.90. The summed E-state index contributed by atoms with van der Waals surface area (Å²) in [5.74, 6) is 9.08. The summed E-state index contributed by atoms with van der Waals surface area (Å²) in [5, 5.41) is 20.1. The molecular formula is C3H10N6O3. The first-order valence-corrected chi connectivity index (χ1v) is 2.53. The van der Waals surface area contributed by atoms with Gasteiger partial charge in [0.2, 0.25) is 0 Å². The van der Waals surface area contributed by atoms with Gasteiger partial charge in [-0.3, -0.25) is 10.9 Å². The molecule has 0 aromatic heterocycles. The highest BCUT2D eigenvalue weighted by atomic mass is 16.4. The molecule has 2 amide bonds. The van der Waals surface area contributed by atoms with Crippen molar-refractivity contribution in [3.05, 3.63) is 0 Å². The molecule has 12 heavy (non-hydrogen) atoms. The van der Waals surface area contributed by atoms with Crippen molar-refractivity contribution in [2.24, 2.45) is 22.0 Å². The average molecular weight is 178 g/mol. The molecule has 0 saturated carbocycles. The van der Waals surface area contributed by atoms with Crippen LogP contribution in [0.2, 0.25) is 0 Å². The van der Waals surface area contributed by atoms with E-state index in [1.165, 1.54) is 0 Å². The SMILES string of the molecule is NNC(=O)NN.ON=CC=NO. The Morgan fingerprint density at radius 3 is 1.58 bits per heavy atom. The van der Waals surface area contributed by atoms with Crippen molar-refractivity contribution in [2.45, 2.75) is 0 Å². The molecule has 0 aromatic rings. The maximum atomic E-state index is 9.71. The molecule has 0 atom stereocenters. The van der Waals surface area contributed by atoms with Gasteiger partial charge in [-0.05, 0) is 0 Å². The number of carbonyl (C=O) groups excluding carboxylic acids is 1. The van der Waals surface area contributed by atoms with Crippen LogP contribution in [0, 0.1) is 0 Å². The molecular weight excluding hydrogens is 168 g/mol. The molecule has 0 spiro atoms. The highest BCUT2D eigenvalue weighted by molar-refractivity contribution is 6.15. The third-order valence-electron chi connectivity index (χ3n) is 0.462. The summed E-state index contributed by atoms with van der Waals surface area (Å²) in [4.78, 5) is 9.71. The minimum Gasteiger partial charge on any atom is -0.411 e. The maximum absolute atomic E-state index is 9.71. The monoisotopic (exact) mass is 178 g/mol. The van der Waals surface area contributed by atoms with Crippen LogP contribution in [0.3, 0.4) is 0 Å². The van der Waals surface area contributed by atoms with Crippen molar-refractivity contribution < 1.29 is 15.2 Å². The summed E-state index contributed by atoms with van der Waals surface area (Å²) in [6, 6.07) is -0.602. The van der Waals surface area contributed by atoms with Gasteiger partial charge in [-0.25, -0.2) is 16.5 Å². The Morgan fingerprint density at radius 1 is 1.17 bits per heavy atom. The summed E-state index contributed by atoms with van der Waals surface area (Å²) in [7, 11) is 0. The standard InChI is InChI=1S/C2H4N2O2.CH6N4O/c5-3-1-2-4-6;2-4-1(6)5-3/h1-2,5-6H;2-3H2,(H2,4,5,6). The van der Waals surface area contributed by atoms with Crippen LogP contribution < -0.4 is 22.5 Å². The number of carbonyl (C=O) groups is 1. The summed E-state index contributed by atoms with van der Waals surface area (Å²) in [5.41, 5.74) is 3.48. The third-order valence-corrected chi connectivity index (χ3v) is 0.462. The first-order chi connectivity index (χ1) is 5.72. The van der Waals surface area contributed by atoms with E-state index >= 15 is 0 Å². The van der Waals surface area contributed by atoms with E-state index in [0.717, 1.165) is 12.4 Å². The van der Waals surface area contributed by atoms with Gasteiger partial charge in [-0.2, -0.15) is 0 Å². The predicted octanol–water partition coefficient (Wildman–Crippen LogP) is -2.06. The zero-order valence-electron chi connectivity index (χ0n) is 6.01. The topological polar surface area (TPSA) is 158 Å². The zero-order valence-corrected chi connectivity index (χ0v) is 6.01. The Morgan fingerprint density at radius 2 is 1.50 bits per heavy atom. The first-order valence-electron chi connectivity index (χ1n) is 2.53. The number of amides is 2. The van der Waals surface area contributed by atoms with Crippen molar-refractivity contribution in [3.8, 4) is 0 Å². The fourth-order valence-electron chi connectivity index (χ4n) is 0.101. The number of rotatable bonds is 1. The second-order valence-electron chi connectivity index (χ2n) is 1.15.